The number of rotatable bonds is 6. The number of fused-ring (bicyclic) bond motifs is 1. The number of benzene rings is 2. The van der Waals surface area contributed by atoms with Crippen molar-refractivity contribution in [3.63, 3.8) is 0 Å². The maximum absolute atomic E-state index is 10.5. The molecule has 1 atom stereocenters. The third-order valence-electron chi connectivity index (χ3n) is 5.62. The van der Waals surface area contributed by atoms with Gasteiger partial charge in [0.15, 0.2) is 0 Å². The van der Waals surface area contributed by atoms with E-state index in [-0.39, 0.29) is 12.6 Å². The molecule has 160 valence electrons. The monoisotopic (exact) mass is 416 g/mol. The Morgan fingerprint density at radius 2 is 2.16 bits per heavy atom. The zero-order valence-electron chi connectivity index (χ0n) is 17.9. The molecule has 0 spiro atoms. The van der Waals surface area contributed by atoms with E-state index in [1.54, 1.807) is 0 Å². The number of hydrogen-bond acceptors (Lipinski definition) is 6. The first-order chi connectivity index (χ1) is 15.0. The molecule has 0 saturated carbocycles. The molecule has 7 nitrogen and oxygen atoms in total. The van der Waals surface area contributed by atoms with E-state index in [4.69, 9.17) is 5.73 Å². The fourth-order valence-corrected chi connectivity index (χ4v) is 4.12. The van der Waals surface area contributed by atoms with Gasteiger partial charge >= 0.3 is 0 Å². The number of nitrogens with two attached hydrogens (primary N) is 1. The Labute approximate surface area is 182 Å². The highest BCUT2D eigenvalue weighted by Gasteiger charge is 2.23. The largest absolute Gasteiger partial charge is 0.401 e. The van der Waals surface area contributed by atoms with Crippen LogP contribution in [0, 0.1) is 4.91 Å². The molecule has 31 heavy (non-hydrogen) atoms. The Hall–Kier alpha value is -3.61. The number of allylic oxidation sites excluding steroid dienone is 1. The second-order valence-electron chi connectivity index (χ2n) is 7.98. The van der Waals surface area contributed by atoms with Crippen molar-refractivity contribution in [3.05, 3.63) is 82.2 Å². The summed E-state index contributed by atoms with van der Waals surface area (Å²) in [5.41, 5.74) is 14.6. The quantitative estimate of drug-likeness (QED) is 0.524. The van der Waals surface area contributed by atoms with Gasteiger partial charge in [0.2, 0.25) is 0 Å². The van der Waals surface area contributed by atoms with Gasteiger partial charge in [-0.25, -0.2) is 0 Å². The number of hydrogen-bond donors (Lipinski definition) is 3. The zero-order valence-corrected chi connectivity index (χ0v) is 17.9. The van der Waals surface area contributed by atoms with E-state index in [0.29, 0.717) is 6.42 Å². The van der Waals surface area contributed by atoms with Gasteiger partial charge in [-0.05, 0) is 54.7 Å². The van der Waals surface area contributed by atoms with E-state index in [9.17, 15) is 4.91 Å². The third kappa shape index (κ3) is 4.60. The molecule has 3 aromatic rings. The lowest BCUT2D eigenvalue weighted by Crippen LogP contribution is -2.16. The first-order valence-electron chi connectivity index (χ1n) is 10.5. The minimum atomic E-state index is 0.107. The van der Waals surface area contributed by atoms with Crippen LogP contribution in [0.2, 0.25) is 0 Å². The summed E-state index contributed by atoms with van der Waals surface area (Å²) >= 11 is 0. The molecule has 0 fully saturated rings. The van der Waals surface area contributed by atoms with Crippen molar-refractivity contribution < 1.29 is 0 Å². The molecule has 2 aromatic carbocycles. The maximum Gasteiger partial charge on any atom is 0.0851 e. The lowest BCUT2D eigenvalue weighted by molar-refractivity contribution is 0.683. The lowest BCUT2D eigenvalue weighted by atomic mass is 9.93. The van der Waals surface area contributed by atoms with Crippen LogP contribution < -0.4 is 16.4 Å². The standard InChI is InChI=1S/C24H28N6O/c1-16(25)24-21-7-6-18(19-14-27-30(2)15-19)13-22(21)23(9-10-26-24)29-20-5-3-4-17(12-20)8-11-28-31/h3-7,12-15,23,26,29H,8-11,25H2,1-2H3/b24-16-. The first-order valence-corrected chi connectivity index (χ1v) is 10.5. The molecule has 4 N–H and O–H groups in total. The summed E-state index contributed by atoms with van der Waals surface area (Å²) in [6, 6.07) is 14.8. The molecule has 0 bridgehead atoms. The molecule has 1 aliphatic heterocycles. The first kappa shape index (κ1) is 20.7. The van der Waals surface area contributed by atoms with Gasteiger partial charge in [0.1, 0.15) is 0 Å². The Kier molecular flexibility index (Phi) is 6.02. The predicted molar refractivity (Wildman–Crippen MR) is 125 cm³/mol. The average molecular weight is 417 g/mol. The molecular weight excluding hydrogens is 388 g/mol. The van der Waals surface area contributed by atoms with Crippen molar-refractivity contribution in [1.29, 1.82) is 0 Å². The summed E-state index contributed by atoms with van der Waals surface area (Å²) in [4.78, 5) is 10.5. The number of nitrogens with one attached hydrogen (secondary N) is 2. The summed E-state index contributed by atoms with van der Waals surface area (Å²) in [6.07, 6.45) is 5.45. The van der Waals surface area contributed by atoms with Gasteiger partial charge in [0, 0.05) is 42.3 Å². The number of aromatic nitrogens is 2. The van der Waals surface area contributed by atoms with Gasteiger partial charge in [0.05, 0.1) is 24.5 Å². The van der Waals surface area contributed by atoms with Crippen LogP contribution in [0.1, 0.15) is 36.1 Å². The van der Waals surface area contributed by atoms with Crippen molar-refractivity contribution >= 4 is 11.4 Å². The molecule has 0 saturated heterocycles. The van der Waals surface area contributed by atoms with Crippen molar-refractivity contribution in [2.24, 2.45) is 18.0 Å². The van der Waals surface area contributed by atoms with Crippen molar-refractivity contribution in [1.82, 2.24) is 15.1 Å². The van der Waals surface area contributed by atoms with E-state index < -0.39 is 0 Å². The Balaban J connectivity index is 1.73. The van der Waals surface area contributed by atoms with E-state index in [0.717, 1.165) is 52.3 Å². The van der Waals surface area contributed by atoms with Gasteiger partial charge in [-0.15, -0.1) is 0 Å². The fourth-order valence-electron chi connectivity index (χ4n) is 4.12. The summed E-state index contributed by atoms with van der Waals surface area (Å²) in [5.74, 6) is 0. The Bertz CT molecular complexity index is 1110. The predicted octanol–water partition coefficient (Wildman–Crippen LogP) is 4.19. The van der Waals surface area contributed by atoms with Crippen LogP contribution in [-0.4, -0.2) is 22.9 Å². The molecule has 7 heteroatoms. The second kappa shape index (κ2) is 9.04. The average Bonchev–Trinajstić information content (AvgIpc) is 3.12. The smallest absolute Gasteiger partial charge is 0.0851 e. The summed E-state index contributed by atoms with van der Waals surface area (Å²) in [7, 11) is 1.92. The zero-order chi connectivity index (χ0) is 21.8. The SMILES string of the molecule is C/C(N)=C1/NCCC(Nc2cccc(CCN=O)c2)c2cc(-c3cnn(C)c3)ccc21. The normalized spacial score (nSPS) is 17.3. The van der Waals surface area contributed by atoms with Crippen LogP contribution in [0.15, 0.2) is 65.7 Å². The highest BCUT2D eigenvalue weighted by Crippen LogP contribution is 2.35. The van der Waals surface area contributed by atoms with Crippen LogP contribution in [0.5, 0.6) is 0 Å². The van der Waals surface area contributed by atoms with Gasteiger partial charge in [-0.1, -0.05) is 29.4 Å². The fraction of sp³-hybridized carbons (Fsp3) is 0.292. The van der Waals surface area contributed by atoms with Gasteiger partial charge in [-0.3, -0.25) is 4.68 Å². The number of nitrogens with zero attached hydrogens (tertiary/aromatic N) is 3. The Morgan fingerprint density at radius 3 is 2.90 bits per heavy atom. The number of anilines is 1. The van der Waals surface area contributed by atoms with E-state index in [2.05, 4.69) is 51.2 Å². The van der Waals surface area contributed by atoms with Gasteiger partial charge < -0.3 is 16.4 Å². The maximum atomic E-state index is 10.5. The Morgan fingerprint density at radius 1 is 1.29 bits per heavy atom. The van der Waals surface area contributed by atoms with Crippen molar-refractivity contribution in [2.75, 3.05) is 18.4 Å². The number of aryl methyl sites for hydroxylation is 1. The highest BCUT2D eigenvalue weighted by molar-refractivity contribution is 5.75. The molecule has 0 amide bonds. The molecule has 2 heterocycles. The molecule has 0 aliphatic carbocycles. The third-order valence-corrected chi connectivity index (χ3v) is 5.62. The van der Waals surface area contributed by atoms with E-state index in [1.165, 1.54) is 5.56 Å². The molecule has 0 radical (unpaired) electrons. The van der Waals surface area contributed by atoms with E-state index in [1.807, 2.05) is 43.2 Å². The molecule has 1 aromatic heterocycles. The second-order valence-corrected chi connectivity index (χ2v) is 7.98. The van der Waals surface area contributed by atoms with E-state index >= 15 is 0 Å². The summed E-state index contributed by atoms with van der Waals surface area (Å²) < 4.78 is 1.81. The van der Waals surface area contributed by atoms with Gasteiger partial charge in [-0.2, -0.15) is 10.0 Å². The van der Waals surface area contributed by atoms with Crippen LogP contribution in [0.3, 0.4) is 0 Å². The molecule has 4 rings (SSSR count). The summed E-state index contributed by atoms with van der Waals surface area (Å²) in [5, 5.41) is 14.5. The molecule has 1 unspecified atom stereocenters. The summed E-state index contributed by atoms with van der Waals surface area (Å²) in [6.45, 7) is 3.03. The number of nitroso groups, excluding NO2 is 1. The molecular formula is C24H28N6O. The van der Waals surface area contributed by atoms with Crippen LogP contribution in [0.4, 0.5) is 5.69 Å². The van der Waals surface area contributed by atoms with Crippen molar-refractivity contribution in [2.45, 2.75) is 25.8 Å². The van der Waals surface area contributed by atoms with Crippen LogP contribution in [-0.2, 0) is 13.5 Å². The topological polar surface area (TPSA) is 97.3 Å². The molecule has 1 aliphatic rings. The minimum Gasteiger partial charge on any atom is -0.401 e. The highest BCUT2D eigenvalue weighted by atomic mass is 16.3. The van der Waals surface area contributed by atoms with Gasteiger partial charge in [0.25, 0.3) is 0 Å². The van der Waals surface area contributed by atoms with Crippen LogP contribution in [0.25, 0.3) is 16.8 Å². The minimum absolute atomic E-state index is 0.107. The van der Waals surface area contributed by atoms with Crippen molar-refractivity contribution in [3.8, 4) is 11.1 Å². The van der Waals surface area contributed by atoms with Crippen LogP contribution >= 0.6 is 0 Å². The lowest BCUT2D eigenvalue weighted by Gasteiger charge is -2.22.